The van der Waals surface area contributed by atoms with Crippen LogP contribution >= 0.6 is 0 Å². The summed E-state index contributed by atoms with van der Waals surface area (Å²) in [7, 11) is 9.95. The maximum absolute atomic E-state index is 15.5. The minimum absolute atomic E-state index is 0.0163. The van der Waals surface area contributed by atoms with Crippen molar-refractivity contribution in [3.05, 3.63) is 48.3 Å². The molecule has 11 amide bonds. The average Bonchev–Trinajstić information content (AvgIpc) is 0.884. The molecular formula is C70H118N14O12. The van der Waals surface area contributed by atoms with Gasteiger partial charge in [0, 0.05) is 87.1 Å². The maximum Gasteiger partial charge on any atom is 0.246 e. The summed E-state index contributed by atoms with van der Waals surface area (Å²) in [6, 6.07) is -10.2. The number of imidazole rings is 1. The van der Waals surface area contributed by atoms with E-state index in [0.717, 1.165) is 15.4 Å². The third-order valence-corrected chi connectivity index (χ3v) is 18.5. The molecule has 26 nitrogen and oxygen atoms in total. The number of carbonyl (C=O) groups is 11. The van der Waals surface area contributed by atoms with E-state index in [-0.39, 0.29) is 62.2 Å². The molecule has 0 spiro atoms. The molecule has 0 bridgehead atoms. The van der Waals surface area contributed by atoms with Crippen LogP contribution in [0.3, 0.4) is 0 Å². The van der Waals surface area contributed by atoms with Crippen LogP contribution in [0.2, 0.25) is 0 Å². The SMILES string of the molecule is CC[C@@H]1NC(=O)[C@@H]([C@H](O)[C@H](C)Cc2nccn2CCc2cccnc2)N(C)C(=O)[C@H](C(C)C)N(C)C(=O)[C@H](CC(C)C)N(C)C(=O)[C@@H](CC(C)C)N(C)C(=O)[C@@H](C)NC(=O)[C@H](C)NC(=O)[C@H](CC(C)C)N(C)C(=O)[C@H](C(C)C)NC(=O)[C@H](CC(C)C)N(C)C(=O)[C@@H](C)N(C)C1=O. The number of aliphatic hydroxyl groups excluding tert-OH is 1. The van der Waals surface area contributed by atoms with Crippen molar-refractivity contribution in [2.45, 2.75) is 242 Å². The van der Waals surface area contributed by atoms with Crippen LogP contribution in [-0.4, -0.2) is 241 Å². The number of nitrogens with one attached hydrogen (secondary N) is 4. The minimum atomic E-state index is -1.71. The lowest BCUT2D eigenvalue weighted by Gasteiger charge is -2.41. The van der Waals surface area contributed by atoms with E-state index >= 15 is 19.2 Å². The van der Waals surface area contributed by atoms with Gasteiger partial charge in [-0.3, -0.25) is 57.7 Å². The Morgan fingerprint density at radius 1 is 0.479 bits per heavy atom. The first-order valence-corrected chi connectivity index (χ1v) is 34.3. The predicted molar refractivity (Wildman–Crippen MR) is 367 cm³/mol. The van der Waals surface area contributed by atoms with Crippen LogP contribution in [0.1, 0.15) is 161 Å². The summed E-state index contributed by atoms with van der Waals surface area (Å²) >= 11 is 0. The standard InChI is InChI=1S/C70H118N14O12/c1-25-50-66(92)77(18)48(17)65(91)78(19)52(34-40(4)5)62(88)76-56(43(10)11)69(95)79(20)51(33-39(2)3)61(87)73-46(15)60(86)74-47(16)64(90)80(21)53(35-41(6)7)67(93)81(22)54(36-42(8)9)68(94)82(23)57(44(12)13)70(96)83(24)58(63(89)75-50)59(85)45(14)37-55-72-30-32-84(55)31-28-49-27-26-29-71-38-49/h26-27,29-30,32,38-48,50-54,56-59,85H,25,28,31,33-37H2,1-24H3,(H,73,87)(H,74,86)(H,75,89)(H,76,88)/t45-,46+,47-,48-,50+,51+,52+,53-,54+,56+,57+,58-,59-/m1/s1. The fourth-order valence-electron chi connectivity index (χ4n) is 12.3. The Morgan fingerprint density at radius 2 is 0.948 bits per heavy atom. The van der Waals surface area contributed by atoms with E-state index in [1.165, 1.54) is 94.6 Å². The second kappa shape index (κ2) is 37.3. The van der Waals surface area contributed by atoms with Crippen LogP contribution in [0.4, 0.5) is 0 Å². The van der Waals surface area contributed by atoms with Crippen LogP contribution in [-0.2, 0) is 72.1 Å². The van der Waals surface area contributed by atoms with Gasteiger partial charge in [0.15, 0.2) is 0 Å². The number of carbonyl (C=O) groups excluding carboxylic acids is 11. The zero-order valence-electron chi connectivity index (χ0n) is 62.0. The van der Waals surface area contributed by atoms with Crippen LogP contribution in [0.5, 0.6) is 0 Å². The average molecular weight is 1350 g/mol. The van der Waals surface area contributed by atoms with Crippen molar-refractivity contribution in [3.63, 3.8) is 0 Å². The maximum atomic E-state index is 15.5. The van der Waals surface area contributed by atoms with E-state index in [2.05, 4.69) is 31.2 Å². The first-order chi connectivity index (χ1) is 44.6. The fourth-order valence-corrected chi connectivity index (χ4v) is 12.3. The third-order valence-electron chi connectivity index (χ3n) is 18.5. The zero-order chi connectivity index (χ0) is 73.2. The Balaban J connectivity index is 2.34. The minimum Gasteiger partial charge on any atom is -0.390 e. The van der Waals surface area contributed by atoms with Gasteiger partial charge in [-0.2, -0.15) is 0 Å². The Bertz CT molecular complexity index is 2950. The molecule has 1 aliphatic rings. The molecular weight excluding hydrogens is 1230 g/mol. The van der Waals surface area contributed by atoms with Gasteiger partial charge in [0.05, 0.1) is 6.10 Å². The molecule has 3 heterocycles. The number of aliphatic hydroxyl groups is 1. The molecule has 0 unspecified atom stereocenters. The smallest absolute Gasteiger partial charge is 0.246 e. The molecule has 1 fully saturated rings. The van der Waals surface area contributed by atoms with Crippen molar-refractivity contribution >= 4 is 65.0 Å². The lowest BCUT2D eigenvalue weighted by molar-refractivity contribution is -0.157. The van der Waals surface area contributed by atoms with Gasteiger partial charge < -0.3 is 65.2 Å². The van der Waals surface area contributed by atoms with Crippen molar-refractivity contribution in [1.82, 2.24) is 70.1 Å². The monoisotopic (exact) mass is 1350 g/mol. The largest absolute Gasteiger partial charge is 0.390 e. The van der Waals surface area contributed by atoms with E-state index < -0.39 is 155 Å². The highest BCUT2D eigenvalue weighted by Crippen LogP contribution is 2.26. The van der Waals surface area contributed by atoms with Crippen molar-refractivity contribution in [3.8, 4) is 0 Å². The number of hydrogen-bond donors (Lipinski definition) is 5. The van der Waals surface area contributed by atoms with Crippen molar-refractivity contribution in [1.29, 1.82) is 0 Å². The molecule has 0 aliphatic carbocycles. The molecule has 5 N–H and O–H groups in total. The highest BCUT2D eigenvalue weighted by Gasteiger charge is 2.46. The molecule has 0 aromatic carbocycles. The van der Waals surface area contributed by atoms with Gasteiger partial charge in [0.25, 0.3) is 0 Å². The fraction of sp³-hybridized carbons (Fsp3) is 0.729. The van der Waals surface area contributed by atoms with Crippen LogP contribution in [0.25, 0.3) is 0 Å². The van der Waals surface area contributed by atoms with Gasteiger partial charge >= 0.3 is 0 Å². The molecule has 3 rings (SSSR count). The summed E-state index contributed by atoms with van der Waals surface area (Å²) in [5, 5.41) is 23.8. The molecule has 2 aromatic rings. The number of likely N-dealkylation sites (N-methyl/N-ethyl adjacent to an activating group) is 7. The summed E-state index contributed by atoms with van der Waals surface area (Å²) in [5.41, 5.74) is 0.990. The quantitative estimate of drug-likeness (QED) is 0.142. The number of pyridine rings is 1. The Labute approximate surface area is 571 Å². The number of hydrogen-bond acceptors (Lipinski definition) is 14. The van der Waals surface area contributed by atoms with E-state index in [9.17, 15) is 38.7 Å². The first kappa shape index (κ1) is 82.7. The number of nitrogens with zero attached hydrogens (tertiary/aromatic N) is 10. The highest BCUT2D eigenvalue weighted by atomic mass is 16.3. The Hall–Kier alpha value is -7.51. The number of aromatic nitrogens is 3. The summed E-state index contributed by atoms with van der Waals surface area (Å²) < 4.78 is 1.93. The highest BCUT2D eigenvalue weighted by molar-refractivity contribution is 6.00. The molecule has 13 atom stereocenters. The van der Waals surface area contributed by atoms with Gasteiger partial charge in [-0.15, -0.1) is 0 Å². The van der Waals surface area contributed by atoms with Crippen LogP contribution in [0, 0.1) is 41.4 Å². The summed E-state index contributed by atoms with van der Waals surface area (Å²) in [4.78, 5) is 180. The van der Waals surface area contributed by atoms with Crippen LogP contribution in [0.15, 0.2) is 36.9 Å². The van der Waals surface area contributed by atoms with Gasteiger partial charge in [-0.25, -0.2) is 4.98 Å². The summed E-state index contributed by atoms with van der Waals surface area (Å²) in [6.45, 7) is 30.1. The van der Waals surface area contributed by atoms with E-state index in [1.54, 1.807) is 60.1 Å². The Kier molecular flexibility index (Phi) is 32.1. The molecule has 540 valence electrons. The number of rotatable bonds is 18. The first-order valence-electron chi connectivity index (χ1n) is 34.3. The predicted octanol–water partition coefficient (Wildman–Crippen LogP) is 3.77. The second-order valence-corrected chi connectivity index (χ2v) is 29.0. The van der Waals surface area contributed by atoms with Crippen molar-refractivity contribution in [2.24, 2.45) is 41.4 Å². The Morgan fingerprint density at radius 3 is 1.44 bits per heavy atom. The van der Waals surface area contributed by atoms with Gasteiger partial charge in [0.2, 0.25) is 65.0 Å². The topological polar surface area (TPSA) is 310 Å². The second-order valence-electron chi connectivity index (χ2n) is 29.0. The number of aryl methyl sites for hydroxylation is 2. The van der Waals surface area contributed by atoms with E-state index in [0.29, 0.717) is 18.8 Å². The van der Waals surface area contributed by atoms with Gasteiger partial charge in [-0.05, 0) is 112 Å². The van der Waals surface area contributed by atoms with Crippen molar-refractivity contribution in [2.75, 3.05) is 49.3 Å². The van der Waals surface area contributed by atoms with Crippen LogP contribution < -0.4 is 21.3 Å². The van der Waals surface area contributed by atoms with Gasteiger partial charge in [-0.1, -0.05) is 103 Å². The molecule has 1 saturated heterocycles. The van der Waals surface area contributed by atoms with E-state index in [1.807, 2.05) is 78.3 Å². The molecule has 96 heavy (non-hydrogen) atoms. The molecule has 1 aliphatic heterocycles. The summed E-state index contributed by atoms with van der Waals surface area (Å²) in [5.74, 6) is -9.63. The zero-order valence-corrected chi connectivity index (χ0v) is 62.0. The molecule has 2 aromatic heterocycles. The molecule has 0 saturated carbocycles. The lowest BCUT2D eigenvalue weighted by atomic mass is 9.91. The lowest BCUT2D eigenvalue weighted by Crippen LogP contribution is -2.64. The normalized spacial score (nSPS) is 25.8. The molecule has 26 heteroatoms. The van der Waals surface area contributed by atoms with E-state index in [4.69, 9.17) is 0 Å². The molecule has 0 radical (unpaired) electrons. The summed E-state index contributed by atoms with van der Waals surface area (Å²) in [6.07, 6.45) is 6.55. The number of amides is 11. The van der Waals surface area contributed by atoms with Crippen molar-refractivity contribution < 1.29 is 57.8 Å². The third kappa shape index (κ3) is 22.0. The van der Waals surface area contributed by atoms with Gasteiger partial charge in [0.1, 0.15) is 72.3 Å².